The number of carbonyl (C=O) groups is 1. The van der Waals surface area contributed by atoms with Gasteiger partial charge in [-0.05, 0) is 37.8 Å². The lowest BCUT2D eigenvalue weighted by Gasteiger charge is -2.32. The van der Waals surface area contributed by atoms with Gasteiger partial charge in [-0.2, -0.15) is 9.57 Å². The molecule has 2 aliphatic rings. The topological polar surface area (TPSA) is 85.9 Å². The predicted octanol–water partition coefficient (Wildman–Crippen LogP) is 0.754. The van der Waals surface area contributed by atoms with Crippen molar-refractivity contribution in [3.8, 4) is 6.07 Å². The van der Waals surface area contributed by atoms with Gasteiger partial charge < -0.3 is 9.80 Å². The summed E-state index contributed by atoms with van der Waals surface area (Å²) in [6, 6.07) is 8.25. The molecule has 0 atom stereocenters. The van der Waals surface area contributed by atoms with Gasteiger partial charge in [-0.1, -0.05) is 25.1 Å². The highest BCUT2D eigenvalue weighted by Crippen LogP contribution is 2.22. The molecule has 0 bridgehead atoms. The fourth-order valence-corrected chi connectivity index (χ4v) is 5.59. The molecule has 1 aromatic rings. The zero-order chi connectivity index (χ0) is 20.9. The SMILES string of the molecule is CCCN(C(=O)C[NH+]1CCN(S(=O)(=O)c2ccccc2C#N)CC1)C1=CCCC1. The monoisotopic (exact) mass is 417 g/mol. The van der Waals surface area contributed by atoms with Crippen molar-refractivity contribution in [3.63, 3.8) is 0 Å². The summed E-state index contributed by atoms with van der Waals surface area (Å²) in [7, 11) is -3.70. The molecule has 8 heteroatoms. The highest BCUT2D eigenvalue weighted by atomic mass is 32.2. The Kier molecular flexibility index (Phi) is 7.06. The number of piperazine rings is 1. The van der Waals surface area contributed by atoms with E-state index in [0.29, 0.717) is 32.7 Å². The van der Waals surface area contributed by atoms with Crippen LogP contribution in [0.25, 0.3) is 0 Å². The van der Waals surface area contributed by atoms with E-state index in [1.54, 1.807) is 12.1 Å². The number of nitrogens with one attached hydrogen (secondary N) is 1. The molecule has 1 saturated heterocycles. The van der Waals surface area contributed by atoms with E-state index in [1.165, 1.54) is 16.4 Å². The van der Waals surface area contributed by atoms with Crippen LogP contribution in [0.15, 0.2) is 40.9 Å². The van der Waals surface area contributed by atoms with E-state index in [1.807, 2.05) is 11.0 Å². The van der Waals surface area contributed by atoms with E-state index in [2.05, 4.69) is 13.0 Å². The smallest absolute Gasteiger partial charge is 0.281 e. The van der Waals surface area contributed by atoms with Crippen molar-refractivity contribution in [2.24, 2.45) is 0 Å². The summed E-state index contributed by atoms with van der Waals surface area (Å²) in [5.74, 6) is 0.126. The standard InChI is InChI=1S/C21H28N4O3S/c1-2-11-25(19-8-4-5-9-19)21(26)17-23-12-14-24(15-13-23)29(27,28)20-10-6-3-7-18(20)16-22/h3,6-8,10H,2,4-5,9,11-15,17H2,1H3/p+1. The van der Waals surface area contributed by atoms with Crippen LogP contribution in [-0.2, 0) is 14.8 Å². The summed E-state index contributed by atoms with van der Waals surface area (Å²) >= 11 is 0. The van der Waals surface area contributed by atoms with Crippen LogP contribution >= 0.6 is 0 Å². The number of rotatable bonds is 7. The minimum absolute atomic E-state index is 0.0596. The van der Waals surface area contributed by atoms with Crippen molar-refractivity contribution in [1.29, 1.82) is 5.26 Å². The van der Waals surface area contributed by atoms with Crippen LogP contribution in [-0.4, -0.2) is 62.8 Å². The molecule has 7 nitrogen and oxygen atoms in total. The van der Waals surface area contributed by atoms with E-state index in [9.17, 15) is 18.5 Å². The first-order valence-corrected chi connectivity index (χ1v) is 11.7. The van der Waals surface area contributed by atoms with Crippen molar-refractivity contribution in [2.75, 3.05) is 39.3 Å². The first kappa shape index (κ1) is 21.5. The van der Waals surface area contributed by atoms with Crippen LogP contribution in [0, 0.1) is 11.3 Å². The minimum atomic E-state index is -3.70. The fourth-order valence-electron chi connectivity index (χ4n) is 4.00. The van der Waals surface area contributed by atoms with Crippen LogP contribution < -0.4 is 4.90 Å². The third-order valence-electron chi connectivity index (χ3n) is 5.57. The highest BCUT2D eigenvalue weighted by molar-refractivity contribution is 7.89. The van der Waals surface area contributed by atoms with E-state index in [-0.39, 0.29) is 16.4 Å². The maximum Gasteiger partial charge on any atom is 0.281 e. The van der Waals surface area contributed by atoms with E-state index in [0.717, 1.165) is 42.8 Å². The number of carbonyl (C=O) groups excluding carboxylic acids is 1. The second-order valence-electron chi connectivity index (χ2n) is 7.57. The van der Waals surface area contributed by atoms with Crippen LogP contribution in [0.3, 0.4) is 0 Å². The molecular formula is C21H29N4O3S+. The maximum absolute atomic E-state index is 12.9. The summed E-state index contributed by atoms with van der Waals surface area (Å²) < 4.78 is 27.3. The summed E-state index contributed by atoms with van der Waals surface area (Å²) in [5.41, 5.74) is 1.31. The maximum atomic E-state index is 12.9. The molecule has 1 N–H and O–H groups in total. The predicted molar refractivity (Wildman–Crippen MR) is 109 cm³/mol. The molecule has 29 heavy (non-hydrogen) atoms. The number of nitrogens with zero attached hydrogens (tertiary/aromatic N) is 3. The fraction of sp³-hybridized carbons (Fsp3) is 0.524. The number of hydrogen-bond acceptors (Lipinski definition) is 4. The van der Waals surface area contributed by atoms with Gasteiger partial charge in [0.25, 0.3) is 5.91 Å². The molecule has 1 aromatic carbocycles. The second-order valence-corrected chi connectivity index (χ2v) is 9.48. The second kappa shape index (κ2) is 9.53. The molecule has 1 amide bonds. The molecule has 1 fully saturated rings. The van der Waals surface area contributed by atoms with Gasteiger partial charge in [0.2, 0.25) is 10.0 Å². The van der Waals surface area contributed by atoms with Crippen molar-refractivity contribution >= 4 is 15.9 Å². The Labute approximate surface area is 173 Å². The van der Waals surface area contributed by atoms with Crippen molar-refractivity contribution in [3.05, 3.63) is 41.6 Å². The lowest BCUT2D eigenvalue weighted by molar-refractivity contribution is -0.895. The molecule has 0 spiro atoms. The normalized spacial score (nSPS) is 18.3. The van der Waals surface area contributed by atoms with E-state index in [4.69, 9.17) is 0 Å². The number of sulfonamides is 1. The van der Waals surface area contributed by atoms with Gasteiger partial charge >= 0.3 is 0 Å². The molecule has 1 aliphatic heterocycles. The van der Waals surface area contributed by atoms with Gasteiger partial charge in [0.1, 0.15) is 6.07 Å². The Bertz CT molecular complexity index is 912. The van der Waals surface area contributed by atoms with Crippen LogP contribution in [0.2, 0.25) is 0 Å². The van der Waals surface area contributed by atoms with Crippen molar-refractivity contribution in [2.45, 2.75) is 37.5 Å². The molecule has 3 rings (SSSR count). The third-order valence-corrected chi connectivity index (χ3v) is 7.52. The summed E-state index contributed by atoms with van der Waals surface area (Å²) in [6.45, 7) is 5.06. The van der Waals surface area contributed by atoms with Crippen molar-refractivity contribution < 1.29 is 18.1 Å². The summed E-state index contributed by atoms with van der Waals surface area (Å²) in [6.07, 6.45) is 6.20. The number of quaternary nitrogens is 1. The molecule has 156 valence electrons. The summed E-state index contributed by atoms with van der Waals surface area (Å²) in [5, 5.41) is 9.22. The Balaban J connectivity index is 1.61. The van der Waals surface area contributed by atoms with Crippen LogP contribution in [0.1, 0.15) is 38.2 Å². The Morgan fingerprint density at radius 2 is 2.00 bits per heavy atom. The number of nitriles is 1. The van der Waals surface area contributed by atoms with Crippen LogP contribution in [0.4, 0.5) is 0 Å². The zero-order valence-electron chi connectivity index (χ0n) is 16.9. The average Bonchev–Trinajstić information content (AvgIpc) is 3.26. The van der Waals surface area contributed by atoms with Gasteiger partial charge in [0.05, 0.1) is 36.6 Å². The number of benzene rings is 1. The van der Waals surface area contributed by atoms with Gasteiger partial charge in [0, 0.05) is 12.2 Å². The number of hydrogen-bond donors (Lipinski definition) is 1. The number of allylic oxidation sites excluding steroid dienone is 2. The molecule has 1 heterocycles. The van der Waals surface area contributed by atoms with E-state index < -0.39 is 10.0 Å². The van der Waals surface area contributed by atoms with Gasteiger partial charge in [-0.15, -0.1) is 0 Å². The van der Waals surface area contributed by atoms with Gasteiger partial charge in [0.15, 0.2) is 6.54 Å². The quantitative estimate of drug-likeness (QED) is 0.710. The molecular weight excluding hydrogens is 388 g/mol. The largest absolute Gasteiger partial charge is 0.325 e. The number of amides is 1. The first-order valence-electron chi connectivity index (χ1n) is 10.3. The molecule has 0 saturated carbocycles. The lowest BCUT2D eigenvalue weighted by atomic mass is 10.2. The molecule has 1 aliphatic carbocycles. The molecule has 0 aromatic heterocycles. The Morgan fingerprint density at radius 1 is 1.28 bits per heavy atom. The van der Waals surface area contributed by atoms with Crippen LogP contribution in [0.5, 0.6) is 0 Å². The van der Waals surface area contributed by atoms with Gasteiger partial charge in [-0.25, -0.2) is 8.42 Å². The minimum Gasteiger partial charge on any atom is -0.325 e. The molecule has 0 unspecified atom stereocenters. The van der Waals surface area contributed by atoms with E-state index >= 15 is 0 Å². The first-order chi connectivity index (χ1) is 14.0. The summed E-state index contributed by atoms with van der Waals surface area (Å²) in [4.78, 5) is 16.0. The highest BCUT2D eigenvalue weighted by Gasteiger charge is 2.33. The third kappa shape index (κ3) is 4.86. The lowest BCUT2D eigenvalue weighted by Crippen LogP contribution is -3.15. The Morgan fingerprint density at radius 3 is 2.62 bits per heavy atom. The average molecular weight is 418 g/mol. The zero-order valence-corrected chi connectivity index (χ0v) is 17.7. The molecule has 0 radical (unpaired) electrons. The van der Waals surface area contributed by atoms with Gasteiger partial charge in [-0.3, -0.25) is 4.79 Å². The Hall–Kier alpha value is -2.21. The van der Waals surface area contributed by atoms with Crippen molar-refractivity contribution in [1.82, 2.24) is 9.21 Å².